The number of rotatable bonds is 18. The van der Waals surface area contributed by atoms with Crippen molar-refractivity contribution < 1.29 is 77.5 Å². The number of benzene rings is 1. The number of fused-ring (bicyclic) bond motifs is 1. The van der Waals surface area contributed by atoms with Crippen molar-refractivity contribution in [1.82, 2.24) is 14.9 Å². The first-order valence-corrected chi connectivity index (χ1v) is 26.8. The Morgan fingerprint density at radius 1 is 0.908 bits per heavy atom. The third-order valence-corrected chi connectivity index (χ3v) is 16.3. The molecule has 2 aromatic rings. The third kappa shape index (κ3) is 14.0. The number of aromatic nitrogens is 1. The van der Waals surface area contributed by atoms with Crippen LogP contribution in [0.2, 0.25) is 0 Å². The smallest absolute Gasteiger partial charge is 0.341 e. The lowest BCUT2D eigenvalue weighted by atomic mass is 9.74. The van der Waals surface area contributed by atoms with Gasteiger partial charge in [-0.1, -0.05) is 33.8 Å². The molecule has 21 nitrogen and oxygen atoms in total. The monoisotopic (exact) mass is 1080 g/mol. The van der Waals surface area contributed by atoms with Crippen molar-refractivity contribution >= 4 is 34.6 Å². The number of nitrogens with one attached hydrogen (secondary N) is 2. The Bertz CT molecular complexity index is 2370. The van der Waals surface area contributed by atoms with Crippen molar-refractivity contribution in [1.29, 1.82) is 0 Å². The van der Waals surface area contributed by atoms with Crippen LogP contribution in [0.15, 0.2) is 29.2 Å². The summed E-state index contributed by atoms with van der Waals surface area (Å²) < 4.78 is 52.8. The van der Waals surface area contributed by atoms with Gasteiger partial charge in [0, 0.05) is 69.6 Å². The van der Waals surface area contributed by atoms with Crippen molar-refractivity contribution in [3.8, 4) is 0 Å². The molecule has 3 aliphatic rings. The summed E-state index contributed by atoms with van der Waals surface area (Å²) in [6.45, 7) is 17.8. The molecule has 6 N–H and O–H groups in total. The number of aryl methyl sites for hydroxylation is 1. The number of carboxylic acids is 1. The summed E-state index contributed by atoms with van der Waals surface area (Å²) in [7, 11) is 8.35. The van der Waals surface area contributed by atoms with Crippen molar-refractivity contribution in [2.75, 3.05) is 53.9 Å². The molecule has 76 heavy (non-hydrogen) atoms. The van der Waals surface area contributed by atoms with Crippen LogP contribution >= 0.6 is 0 Å². The highest BCUT2D eigenvalue weighted by Gasteiger charge is 2.55. The molecule has 0 amide bonds. The molecule has 0 spiro atoms. The molecule has 0 radical (unpaired) electrons. The van der Waals surface area contributed by atoms with Gasteiger partial charge in [0.2, 0.25) is 5.43 Å². The number of aliphatic hydroxyl groups excluding tert-OH is 2. The van der Waals surface area contributed by atoms with Gasteiger partial charge < -0.3 is 74.0 Å². The second-order valence-corrected chi connectivity index (χ2v) is 22.3. The highest BCUT2D eigenvalue weighted by molar-refractivity contribution is 5.92. The van der Waals surface area contributed by atoms with Gasteiger partial charge in [-0.2, -0.15) is 0 Å². The standard InChI is InChI=1S/C55H88N4O17/c1-16-40-55(10,68)47(64)31(4)43(61)29(2)26-53(8,69-14)48(76-52-45(63)39(58(12)13)24-30(3)71-52)32(5)46(33(6)51(67)73-40)75-42-27-54(9,70-15)49(34(7)72-42)74-41(60)21-23-57-22-17-18-35-19-20-38-36(25-35)44(62)37(50(65)66)28-59(38)56-11/h19-20,25,28-34,39-40,42,45-49,52,56-57,63-64,68H,16-18,21-24,26-27H2,1-15H3,(H,65,66)/t29-,30-,31?,32+,33-,34+,39+,40-,42+,45-,46+,47-,48-,49+,52+,53-,54-,55-/m1/s1. The Hall–Kier alpha value is -4.13. The Labute approximate surface area is 447 Å². The van der Waals surface area contributed by atoms with E-state index in [1.165, 1.54) is 38.9 Å². The van der Waals surface area contributed by atoms with Gasteiger partial charge in [-0.15, -0.1) is 0 Å². The van der Waals surface area contributed by atoms with Gasteiger partial charge in [0.25, 0.3) is 0 Å². The number of methoxy groups -OCH3 is 2. The summed E-state index contributed by atoms with van der Waals surface area (Å²) in [4.78, 5) is 68.8. The van der Waals surface area contributed by atoms with Crippen molar-refractivity contribution in [3.63, 3.8) is 0 Å². The number of Topliss-reactive ketones (excluding diaryl/α,β-unsaturated/α-hetero) is 1. The average molecular weight is 1080 g/mol. The number of likely N-dealkylation sites (N-methyl/N-ethyl adjacent to an activating group) is 1. The molecule has 3 fully saturated rings. The zero-order valence-electron chi connectivity index (χ0n) is 47.3. The Morgan fingerprint density at radius 2 is 1.57 bits per heavy atom. The lowest BCUT2D eigenvalue weighted by molar-refractivity contribution is -0.320. The Balaban J connectivity index is 1.35. The maximum absolute atomic E-state index is 14.6. The van der Waals surface area contributed by atoms with Crippen LogP contribution in [-0.4, -0.2) is 186 Å². The summed E-state index contributed by atoms with van der Waals surface area (Å²) in [6.07, 6.45) is -7.07. The van der Waals surface area contributed by atoms with Gasteiger partial charge in [-0.05, 0) is 112 Å². The SMILES string of the molecule is CC[C@H]1OC(=O)[C@H](C)[C@@H](O[C@H]2C[C@@](C)(OC)[C@@H](OC(=O)CCNCCCc3ccc4c(c3)c(=O)c(C(=O)O)cn4NC)[C@H](C)O2)[C@H](C)[C@@H](O[C@@H]2O[C@H](C)C[C@H](N(C)C)[C@H]2O)[C@](C)(OC)C[C@@H](C)C(=O)C(C)[C@@H](O)[C@]1(C)O. The molecule has 5 rings (SSSR count). The Morgan fingerprint density at radius 3 is 2.17 bits per heavy atom. The van der Waals surface area contributed by atoms with Gasteiger partial charge in [0.1, 0.15) is 34.8 Å². The lowest BCUT2D eigenvalue weighted by Crippen LogP contribution is -2.61. The van der Waals surface area contributed by atoms with Crippen LogP contribution in [0.25, 0.3) is 10.9 Å². The molecule has 1 unspecified atom stereocenters. The molecule has 3 saturated heterocycles. The maximum atomic E-state index is 14.6. The summed E-state index contributed by atoms with van der Waals surface area (Å²) in [6, 6.07) is 5.03. The fourth-order valence-electron chi connectivity index (χ4n) is 11.6. The summed E-state index contributed by atoms with van der Waals surface area (Å²) in [5.74, 6) is -6.65. The minimum atomic E-state index is -2.03. The third-order valence-electron chi connectivity index (χ3n) is 16.3. The molecule has 0 bridgehead atoms. The molecule has 21 heteroatoms. The van der Waals surface area contributed by atoms with Crippen molar-refractivity contribution in [2.45, 2.75) is 198 Å². The first-order valence-electron chi connectivity index (χ1n) is 26.8. The molecule has 0 aliphatic carbocycles. The fourth-order valence-corrected chi connectivity index (χ4v) is 11.6. The van der Waals surface area contributed by atoms with E-state index in [0.717, 1.165) is 5.56 Å². The molecule has 1 aromatic carbocycles. The van der Waals surface area contributed by atoms with Gasteiger partial charge >= 0.3 is 17.9 Å². The minimum absolute atomic E-state index is 0.0264. The number of nitrogens with zero attached hydrogens (tertiary/aromatic N) is 2. The first-order chi connectivity index (χ1) is 35.6. The number of hydrogen-bond donors (Lipinski definition) is 6. The zero-order valence-corrected chi connectivity index (χ0v) is 47.3. The number of pyridine rings is 1. The van der Waals surface area contributed by atoms with Gasteiger partial charge in [0.05, 0.1) is 54.0 Å². The largest absolute Gasteiger partial charge is 0.477 e. The Kier molecular flexibility index (Phi) is 21.6. The number of ether oxygens (including phenoxy) is 8. The topological polar surface area (TPSA) is 272 Å². The zero-order chi connectivity index (χ0) is 56.8. The van der Waals surface area contributed by atoms with Crippen LogP contribution < -0.4 is 16.2 Å². The van der Waals surface area contributed by atoms with E-state index >= 15 is 0 Å². The molecule has 430 valence electrons. The molecule has 3 aliphatic heterocycles. The number of esters is 2. The summed E-state index contributed by atoms with van der Waals surface area (Å²) in [5.41, 5.74) is -1.12. The first kappa shape index (κ1) is 62.7. The molecule has 18 atom stereocenters. The van der Waals surface area contributed by atoms with Crippen molar-refractivity contribution in [3.05, 3.63) is 45.7 Å². The van der Waals surface area contributed by atoms with Crippen LogP contribution in [0, 0.1) is 23.7 Å². The molecule has 4 heterocycles. The molecular weight excluding hydrogens is 989 g/mol. The van der Waals surface area contributed by atoms with E-state index < -0.39 is 119 Å². The number of carbonyl (C=O) groups is 4. The minimum Gasteiger partial charge on any atom is -0.477 e. The van der Waals surface area contributed by atoms with E-state index in [0.29, 0.717) is 43.3 Å². The van der Waals surface area contributed by atoms with Gasteiger partial charge in [0.15, 0.2) is 18.7 Å². The molecule has 0 saturated carbocycles. The predicted molar refractivity (Wildman–Crippen MR) is 281 cm³/mol. The van der Waals surface area contributed by atoms with Crippen molar-refractivity contribution in [2.24, 2.45) is 23.7 Å². The number of carbonyl (C=O) groups excluding carboxylic acids is 3. The van der Waals surface area contributed by atoms with Crippen LogP contribution in [0.1, 0.15) is 124 Å². The van der Waals surface area contributed by atoms with E-state index in [1.807, 2.05) is 38.9 Å². The second-order valence-electron chi connectivity index (χ2n) is 22.3. The van der Waals surface area contributed by atoms with Gasteiger partial charge in [-0.3, -0.25) is 23.9 Å². The van der Waals surface area contributed by atoms with E-state index in [4.69, 9.17) is 37.9 Å². The maximum Gasteiger partial charge on any atom is 0.341 e. The second kappa shape index (κ2) is 26.2. The van der Waals surface area contributed by atoms with E-state index in [1.54, 1.807) is 60.7 Å². The predicted octanol–water partition coefficient (Wildman–Crippen LogP) is 3.79. The fraction of sp³-hybridized carbons (Fsp3) is 0.764. The number of carboxylic acid groups (broad SMARTS) is 1. The van der Waals surface area contributed by atoms with Crippen LogP contribution in [0.4, 0.5) is 0 Å². The highest BCUT2D eigenvalue weighted by Crippen LogP contribution is 2.42. The number of hydrogen-bond acceptors (Lipinski definition) is 19. The van der Waals surface area contributed by atoms with Crippen LogP contribution in [0.5, 0.6) is 0 Å². The van der Waals surface area contributed by atoms with E-state index in [-0.39, 0.29) is 49.2 Å². The number of aliphatic hydroxyl groups is 3. The molecular formula is C55H88N4O17. The van der Waals surface area contributed by atoms with Crippen LogP contribution in [0.3, 0.4) is 0 Å². The number of cyclic esters (lactones) is 1. The van der Waals surface area contributed by atoms with Gasteiger partial charge in [-0.25, -0.2) is 4.79 Å². The average Bonchev–Trinajstić information content (AvgIpc) is 3.37. The van der Waals surface area contributed by atoms with E-state index in [2.05, 4.69) is 10.7 Å². The number of aromatic carboxylic acids is 1. The summed E-state index contributed by atoms with van der Waals surface area (Å²) >= 11 is 0. The molecule has 1 aromatic heterocycles. The normalized spacial score (nSPS) is 37.1. The lowest BCUT2D eigenvalue weighted by Gasteiger charge is -2.50. The summed E-state index contributed by atoms with van der Waals surface area (Å²) in [5, 5.41) is 48.4. The highest BCUT2D eigenvalue weighted by atomic mass is 16.7. The van der Waals surface area contributed by atoms with E-state index in [9.17, 15) is 44.4 Å². The quantitative estimate of drug-likeness (QED) is 0.0916. The number of ketones is 1. The van der Waals surface area contributed by atoms with Crippen LogP contribution in [-0.2, 0) is 58.7 Å².